The molecule has 0 aliphatic rings. The van der Waals surface area contributed by atoms with Crippen LogP contribution in [0, 0.1) is 3.57 Å². The maximum Gasteiger partial charge on any atom is 0.244 e. The van der Waals surface area contributed by atoms with Crippen molar-refractivity contribution in [3.8, 4) is 17.2 Å². The van der Waals surface area contributed by atoms with E-state index in [9.17, 15) is 4.79 Å². The number of ether oxygens (including phenoxy) is 3. The smallest absolute Gasteiger partial charge is 0.244 e. The van der Waals surface area contributed by atoms with Crippen molar-refractivity contribution < 1.29 is 19.0 Å². The molecule has 2 rings (SSSR count). The van der Waals surface area contributed by atoms with E-state index < -0.39 is 0 Å². The Morgan fingerprint density at radius 2 is 1.84 bits per heavy atom. The quantitative estimate of drug-likeness (QED) is 0.397. The zero-order valence-electron chi connectivity index (χ0n) is 14.2. The maximum absolute atomic E-state index is 11.9. The van der Waals surface area contributed by atoms with Crippen molar-refractivity contribution in [3.05, 3.63) is 51.1 Å². The van der Waals surface area contributed by atoms with Gasteiger partial charge in [-0.1, -0.05) is 12.1 Å². The van der Waals surface area contributed by atoms with Gasteiger partial charge in [-0.2, -0.15) is 5.10 Å². The van der Waals surface area contributed by atoms with Crippen LogP contribution in [-0.4, -0.2) is 33.5 Å². The highest BCUT2D eigenvalue weighted by Crippen LogP contribution is 2.32. The molecule has 0 atom stereocenters. The Hall–Kier alpha value is -2.29. The third kappa shape index (κ3) is 5.35. The van der Waals surface area contributed by atoms with Gasteiger partial charge in [-0.25, -0.2) is 5.43 Å². The maximum atomic E-state index is 11.9. The zero-order valence-corrected chi connectivity index (χ0v) is 16.4. The molecule has 0 saturated heterocycles. The fourth-order valence-corrected chi connectivity index (χ4v) is 3.01. The molecule has 0 radical (unpaired) electrons. The molecule has 2 aromatic carbocycles. The van der Waals surface area contributed by atoms with E-state index in [2.05, 4.69) is 33.1 Å². The van der Waals surface area contributed by atoms with Crippen molar-refractivity contribution in [2.24, 2.45) is 5.10 Å². The van der Waals surface area contributed by atoms with Crippen molar-refractivity contribution in [2.75, 3.05) is 21.3 Å². The van der Waals surface area contributed by atoms with Crippen LogP contribution in [0.1, 0.15) is 11.1 Å². The highest BCUT2D eigenvalue weighted by atomic mass is 127. The van der Waals surface area contributed by atoms with Crippen molar-refractivity contribution in [3.63, 3.8) is 0 Å². The number of nitrogens with one attached hydrogen (secondary N) is 1. The zero-order chi connectivity index (χ0) is 18.2. The number of halogens is 1. The molecular weight excluding hydrogens is 435 g/mol. The Balaban J connectivity index is 1.97. The number of rotatable bonds is 7. The lowest BCUT2D eigenvalue weighted by Crippen LogP contribution is -2.19. The molecule has 1 amide bonds. The predicted octanol–water partition coefficient (Wildman–Crippen LogP) is 3.01. The van der Waals surface area contributed by atoms with Crippen LogP contribution in [-0.2, 0) is 11.2 Å². The molecule has 0 aliphatic carbocycles. The molecule has 0 spiro atoms. The lowest BCUT2D eigenvalue weighted by Gasteiger charge is -2.10. The summed E-state index contributed by atoms with van der Waals surface area (Å²) in [5.74, 6) is 1.84. The van der Waals surface area contributed by atoms with Crippen LogP contribution < -0.4 is 19.6 Å². The Bertz CT molecular complexity index is 760. The molecule has 2 aromatic rings. The molecule has 6 nitrogen and oxygen atoms in total. The fourth-order valence-electron chi connectivity index (χ4n) is 2.16. The minimum Gasteiger partial charge on any atom is -0.497 e. The van der Waals surface area contributed by atoms with Gasteiger partial charge in [0.2, 0.25) is 5.91 Å². The monoisotopic (exact) mass is 454 g/mol. The lowest BCUT2D eigenvalue weighted by atomic mass is 10.1. The Morgan fingerprint density at radius 3 is 2.44 bits per heavy atom. The van der Waals surface area contributed by atoms with Crippen LogP contribution >= 0.6 is 22.6 Å². The van der Waals surface area contributed by atoms with Gasteiger partial charge in [0.1, 0.15) is 5.75 Å². The van der Waals surface area contributed by atoms with Crippen LogP contribution in [0.4, 0.5) is 0 Å². The molecule has 0 unspecified atom stereocenters. The van der Waals surface area contributed by atoms with Gasteiger partial charge in [0.05, 0.1) is 37.5 Å². The first-order valence-corrected chi connectivity index (χ1v) is 8.51. The van der Waals surface area contributed by atoms with Gasteiger partial charge in [0, 0.05) is 0 Å². The molecule has 25 heavy (non-hydrogen) atoms. The summed E-state index contributed by atoms with van der Waals surface area (Å²) in [6.07, 6.45) is 1.81. The summed E-state index contributed by atoms with van der Waals surface area (Å²) in [6, 6.07) is 11.0. The first-order valence-electron chi connectivity index (χ1n) is 7.43. The van der Waals surface area contributed by atoms with E-state index in [1.165, 1.54) is 0 Å². The molecule has 0 saturated carbocycles. The van der Waals surface area contributed by atoms with Crippen molar-refractivity contribution in [1.29, 1.82) is 0 Å². The third-order valence-electron chi connectivity index (χ3n) is 3.38. The summed E-state index contributed by atoms with van der Waals surface area (Å²) in [4.78, 5) is 11.9. The van der Waals surface area contributed by atoms with Crippen molar-refractivity contribution in [2.45, 2.75) is 6.42 Å². The van der Waals surface area contributed by atoms with E-state index in [0.717, 1.165) is 20.4 Å². The molecule has 0 fully saturated rings. The Labute approximate surface area is 160 Å². The lowest BCUT2D eigenvalue weighted by molar-refractivity contribution is -0.120. The first-order chi connectivity index (χ1) is 12.1. The summed E-state index contributed by atoms with van der Waals surface area (Å²) in [6.45, 7) is 0. The predicted molar refractivity (Wildman–Crippen MR) is 105 cm³/mol. The number of methoxy groups -OCH3 is 3. The average molecular weight is 454 g/mol. The van der Waals surface area contributed by atoms with Gasteiger partial charge >= 0.3 is 0 Å². The third-order valence-corrected chi connectivity index (χ3v) is 4.18. The van der Waals surface area contributed by atoms with Gasteiger partial charge in [0.25, 0.3) is 0 Å². The molecule has 0 aromatic heterocycles. The van der Waals surface area contributed by atoms with E-state index in [4.69, 9.17) is 14.2 Å². The second-order valence-corrected chi connectivity index (χ2v) is 6.22. The van der Waals surface area contributed by atoms with Gasteiger partial charge in [-0.15, -0.1) is 0 Å². The first kappa shape index (κ1) is 19.0. The summed E-state index contributed by atoms with van der Waals surface area (Å²) < 4.78 is 16.6. The molecule has 0 heterocycles. The largest absolute Gasteiger partial charge is 0.497 e. The topological polar surface area (TPSA) is 69.2 Å². The molecule has 1 N–H and O–H groups in total. The summed E-state index contributed by atoms with van der Waals surface area (Å²) in [5.41, 5.74) is 4.20. The number of nitrogens with zero attached hydrogens (tertiary/aromatic N) is 1. The highest BCUT2D eigenvalue weighted by Gasteiger charge is 2.09. The van der Waals surface area contributed by atoms with Crippen molar-refractivity contribution >= 4 is 34.7 Å². The van der Waals surface area contributed by atoms with Crippen LogP contribution in [0.2, 0.25) is 0 Å². The SMILES string of the molecule is COc1ccc(CC(=O)N/N=C\c2cc(I)c(OC)c(OC)c2)cc1. The van der Waals surface area contributed by atoms with Crippen LogP contribution in [0.15, 0.2) is 41.5 Å². The summed E-state index contributed by atoms with van der Waals surface area (Å²) >= 11 is 2.16. The van der Waals surface area contributed by atoms with E-state index in [1.807, 2.05) is 30.3 Å². The standard InChI is InChI=1S/C18H19IN2O4/c1-23-14-6-4-12(5-7-14)10-17(22)21-20-11-13-8-15(19)18(25-3)16(9-13)24-2/h4-9,11H,10H2,1-3H3,(H,21,22)/b20-11-. The van der Waals surface area contributed by atoms with E-state index in [0.29, 0.717) is 11.5 Å². The van der Waals surface area contributed by atoms with E-state index in [-0.39, 0.29) is 12.3 Å². The number of amides is 1. The van der Waals surface area contributed by atoms with Gasteiger partial charge in [-0.05, 0) is 58.0 Å². The van der Waals surface area contributed by atoms with Crippen LogP contribution in [0.5, 0.6) is 17.2 Å². The number of hydrogen-bond donors (Lipinski definition) is 1. The fraction of sp³-hybridized carbons (Fsp3) is 0.222. The molecule has 0 aliphatic heterocycles. The van der Waals surface area contributed by atoms with Gasteiger partial charge in [-0.3, -0.25) is 4.79 Å². The Morgan fingerprint density at radius 1 is 1.12 bits per heavy atom. The second kappa shape index (κ2) is 9.26. The average Bonchev–Trinajstić information content (AvgIpc) is 2.61. The summed E-state index contributed by atoms with van der Waals surface area (Å²) in [7, 11) is 4.77. The number of carbonyl (C=O) groups excluding carboxylic acids is 1. The minimum atomic E-state index is -0.198. The van der Waals surface area contributed by atoms with Crippen molar-refractivity contribution in [1.82, 2.24) is 5.43 Å². The van der Waals surface area contributed by atoms with Crippen LogP contribution in [0.25, 0.3) is 0 Å². The number of carbonyl (C=O) groups is 1. The molecule has 0 bridgehead atoms. The van der Waals surface area contributed by atoms with E-state index >= 15 is 0 Å². The highest BCUT2D eigenvalue weighted by molar-refractivity contribution is 14.1. The number of hydrazone groups is 1. The van der Waals surface area contributed by atoms with E-state index in [1.54, 1.807) is 33.6 Å². The minimum absolute atomic E-state index is 0.198. The van der Waals surface area contributed by atoms with Crippen LogP contribution in [0.3, 0.4) is 0 Å². The number of hydrogen-bond acceptors (Lipinski definition) is 5. The normalized spacial score (nSPS) is 10.6. The molecular formula is C18H19IN2O4. The molecule has 132 valence electrons. The van der Waals surface area contributed by atoms with Gasteiger partial charge in [0.15, 0.2) is 11.5 Å². The molecule has 7 heteroatoms. The second-order valence-electron chi connectivity index (χ2n) is 5.06. The summed E-state index contributed by atoms with van der Waals surface area (Å²) in [5, 5.41) is 3.99. The Kier molecular flexibility index (Phi) is 7.05. The van der Waals surface area contributed by atoms with Gasteiger partial charge < -0.3 is 14.2 Å². The number of benzene rings is 2.